The van der Waals surface area contributed by atoms with E-state index < -0.39 is 11.7 Å². The van der Waals surface area contributed by atoms with Crippen LogP contribution in [0.4, 0.5) is 13.2 Å². The van der Waals surface area contributed by atoms with Gasteiger partial charge < -0.3 is 0 Å². The molecular weight excluding hydrogens is 257 g/mol. The summed E-state index contributed by atoms with van der Waals surface area (Å²) in [6.07, 6.45) is -2.97. The molecular formula is C12H7F3N4. The normalized spacial score (nSPS) is 11.9. The van der Waals surface area contributed by atoms with Crippen LogP contribution in [0.1, 0.15) is 5.56 Å². The van der Waals surface area contributed by atoms with E-state index >= 15 is 0 Å². The van der Waals surface area contributed by atoms with Gasteiger partial charge in [0.25, 0.3) is 0 Å². The molecule has 2 heterocycles. The van der Waals surface area contributed by atoms with Crippen molar-refractivity contribution in [2.45, 2.75) is 6.18 Å². The second kappa shape index (κ2) is 4.04. The average Bonchev–Trinajstić information content (AvgIpc) is 2.81. The number of rotatable bonds is 1. The molecule has 96 valence electrons. The highest BCUT2D eigenvalue weighted by molar-refractivity contribution is 5.71. The number of benzene rings is 1. The zero-order valence-electron chi connectivity index (χ0n) is 9.46. The van der Waals surface area contributed by atoms with Crippen LogP contribution in [0.5, 0.6) is 0 Å². The molecule has 0 atom stereocenters. The number of alkyl halides is 3. The summed E-state index contributed by atoms with van der Waals surface area (Å²) >= 11 is 0. The van der Waals surface area contributed by atoms with Gasteiger partial charge in [-0.1, -0.05) is 17.3 Å². The van der Waals surface area contributed by atoms with Crippen molar-refractivity contribution >= 4 is 11.2 Å². The first kappa shape index (κ1) is 11.6. The Kier molecular flexibility index (Phi) is 2.48. The van der Waals surface area contributed by atoms with Crippen molar-refractivity contribution in [1.29, 1.82) is 0 Å². The first-order valence-corrected chi connectivity index (χ1v) is 5.40. The predicted molar refractivity (Wildman–Crippen MR) is 61.7 cm³/mol. The van der Waals surface area contributed by atoms with Gasteiger partial charge in [0.1, 0.15) is 5.52 Å². The topological polar surface area (TPSA) is 43.6 Å². The minimum atomic E-state index is -4.45. The fourth-order valence-corrected chi connectivity index (χ4v) is 1.83. The van der Waals surface area contributed by atoms with Crippen LogP contribution in [-0.4, -0.2) is 20.0 Å². The van der Waals surface area contributed by atoms with Crippen molar-refractivity contribution in [3.8, 4) is 5.69 Å². The third-order valence-electron chi connectivity index (χ3n) is 2.65. The number of para-hydroxylation sites is 1. The van der Waals surface area contributed by atoms with Gasteiger partial charge in [0.2, 0.25) is 0 Å². The van der Waals surface area contributed by atoms with E-state index in [1.165, 1.54) is 24.4 Å². The van der Waals surface area contributed by atoms with E-state index in [2.05, 4.69) is 15.3 Å². The van der Waals surface area contributed by atoms with Crippen molar-refractivity contribution < 1.29 is 13.2 Å². The Morgan fingerprint density at radius 3 is 2.58 bits per heavy atom. The molecule has 1 aromatic carbocycles. The Balaban J connectivity index is 2.28. The summed E-state index contributed by atoms with van der Waals surface area (Å²) in [5.41, 5.74) is -0.123. The number of hydrogen-bond acceptors (Lipinski definition) is 3. The van der Waals surface area contributed by atoms with Crippen LogP contribution < -0.4 is 0 Å². The Morgan fingerprint density at radius 1 is 1.00 bits per heavy atom. The Morgan fingerprint density at radius 2 is 1.79 bits per heavy atom. The van der Waals surface area contributed by atoms with Crippen molar-refractivity contribution in [1.82, 2.24) is 20.0 Å². The zero-order valence-corrected chi connectivity index (χ0v) is 9.46. The highest BCUT2D eigenvalue weighted by Gasteiger charge is 2.34. The zero-order chi connectivity index (χ0) is 13.5. The number of aromatic nitrogens is 4. The Labute approximate surface area is 105 Å². The first-order chi connectivity index (χ1) is 9.07. The maximum absolute atomic E-state index is 13.0. The van der Waals surface area contributed by atoms with Gasteiger partial charge in [0.05, 0.1) is 11.3 Å². The maximum Gasteiger partial charge on any atom is 0.418 e. The number of hydrogen-bond donors (Lipinski definition) is 0. The van der Waals surface area contributed by atoms with E-state index in [4.69, 9.17) is 0 Å². The van der Waals surface area contributed by atoms with Crippen LogP contribution >= 0.6 is 0 Å². The smallest absolute Gasteiger partial charge is 0.235 e. The lowest BCUT2D eigenvalue weighted by Gasteiger charge is -2.11. The lowest BCUT2D eigenvalue weighted by atomic mass is 10.1. The number of fused-ring (bicyclic) bond motifs is 1. The van der Waals surface area contributed by atoms with E-state index in [-0.39, 0.29) is 5.69 Å². The molecule has 0 saturated heterocycles. The molecule has 0 N–H and O–H groups in total. The van der Waals surface area contributed by atoms with Crippen LogP contribution in [-0.2, 0) is 6.18 Å². The maximum atomic E-state index is 13.0. The SMILES string of the molecule is FC(F)(F)c1ccccc1-n1nnc2cccnc21. The average molecular weight is 264 g/mol. The summed E-state index contributed by atoms with van der Waals surface area (Å²) in [6.45, 7) is 0. The third kappa shape index (κ3) is 1.92. The lowest BCUT2D eigenvalue weighted by molar-refractivity contribution is -0.137. The molecule has 3 aromatic rings. The molecule has 0 saturated carbocycles. The number of pyridine rings is 1. The van der Waals surface area contributed by atoms with Crippen LogP contribution in [0.15, 0.2) is 42.6 Å². The van der Waals surface area contributed by atoms with Crippen molar-refractivity contribution in [3.05, 3.63) is 48.2 Å². The van der Waals surface area contributed by atoms with E-state index in [0.29, 0.717) is 11.2 Å². The van der Waals surface area contributed by atoms with Crippen molar-refractivity contribution in [3.63, 3.8) is 0 Å². The molecule has 0 radical (unpaired) electrons. The Bertz CT molecular complexity index is 733. The van der Waals surface area contributed by atoms with Crippen LogP contribution in [0.2, 0.25) is 0 Å². The van der Waals surface area contributed by atoms with Gasteiger partial charge in [-0.05, 0) is 24.3 Å². The minimum Gasteiger partial charge on any atom is -0.235 e. The molecule has 0 aliphatic carbocycles. The summed E-state index contributed by atoms with van der Waals surface area (Å²) in [4.78, 5) is 4.01. The highest BCUT2D eigenvalue weighted by atomic mass is 19.4. The molecule has 3 rings (SSSR count). The largest absolute Gasteiger partial charge is 0.418 e. The van der Waals surface area contributed by atoms with E-state index in [1.54, 1.807) is 12.1 Å². The lowest BCUT2D eigenvalue weighted by Crippen LogP contribution is -2.11. The molecule has 2 aromatic heterocycles. The monoisotopic (exact) mass is 264 g/mol. The molecule has 0 unspecified atom stereocenters. The second-order valence-electron chi connectivity index (χ2n) is 3.86. The molecule has 0 aliphatic rings. The van der Waals surface area contributed by atoms with Crippen LogP contribution in [0.25, 0.3) is 16.9 Å². The molecule has 19 heavy (non-hydrogen) atoms. The Hall–Kier alpha value is -2.44. The molecule has 0 fully saturated rings. The van der Waals surface area contributed by atoms with E-state index in [1.807, 2.05) is 0 Å². The summed E-state index contributed by atoms with van der Waals surface area (Å²) in [7, 11) is 0. The van der Waals surface area contributed by atoms with Gasteiger partial charge in [0, 0.05) is 6.20 Å². The predicted octanol–water partition coefficient (Wildman–Crippen LogP) is 2.83. The molecule has 0 amide bonds. The number of halogens is 3. The van der Waals surface area contributed by atoms with Gasteiger partial charge in [-0.25, -0.2) is 4.98 Å². The summed E-state index contributed by atoms with van der Waals surface area (Å²) in [6, 6.07) is 8.48. The van der Waals surface area contributed by atoms with E-state index in [9.17, 15) is 13.2 Å². The molecule has 7 heteroatoms. The quantitative estimate of drug-likeness (QED) is 0.678. The summed E-state index contributed by atoms with van der Waals surface area (Å²) < 4.78 is 40.0. The van der Waals surface area contributed by atoms with Crippen LogP contribution in [0, 0.1) is 0 Å². The van der Waals surface area contributed by atoms with Crippen molar-refractivity contribution in [2.24, 2.45) is 0 Å². The standard InChI is InChI=1S/C12H7F3N4/c13-12(14,15)8-4-1-2-6-10(8)19-11-9(17-18-19)5-3-7-16-11/h1-7H. The fourth-order valence-electron chi connectivity index (χ4n) is 1.83. The summed E-state index contributed by atoms with van der Waals surface area (Å²) in [5.74, 6) is 0. The number of nitrogens with zero attached hydrogens (tertiary/aromatic N) is 4. The minimum absolute atomic E-state index is 0.0869. The highest BCUT2D eigenvalue weighted by Crippen LogP contribution is 2.33. The van der Waals surface area contributed by atoms with Gasteiger partial charge in [-0.2, -0.15) is 17.9 Å². The van der Waals surface area contributed by atoms with Crippen LogP contribution in [0.3, 0.4) is 0 Å². The third-order valence-corrected chi connectivity index (χ3v) is 2.65. The fraction of sp³-hybridized carbons (Fsp3) is 0.0833. The van der Waals surface area contributed by atoms with Gasteiger partial charge >= 0.3 is 6.18 Å². The van der Waals surface area contributed by atoms with Gasteiger partial charge in [-0.3, -0.25) is 0 Å². The molecule has 0 spiro atoms. The summed E-state index contributed by atoms with van der Waals surface area (Å²) in [5, 5.41) is 7.55. The van der Waals surface area contributed by atoms with Crippen molar-refractivity contribution in [2.75, 3.05) is 0 Å². The first-order valence-electron chi connectivity index (χ1n) is 5.40. The van der Waals surface area contributed by atoms with E-state index in [0.717, 1.165) is 10.7 Å². The second-order valence-corrected chi connectivity index (χ2v) is 3.86. The van der Waals surface area contributed by atoms with Gasteiger partial charge in [-0.15, -0.1) is 5.10 Å². The molecule has 0 bridgehead atoms. The van der Waals surface area contributed by atoms with Gasteiger partial charge in [0.15, 0.2) is 5.65 Å². The molecule has 0 aliphatic heterocycles. The molecule has 4 nitrogen and oxygen atoms in total.